The monoisotopic (exact) mass is 547 g/mol. The first kappa shape index (κ1) is 28.2. The van der Waals surface area contributed by atoms with Gasteiger partial charge in [-0.3, -0.25) is 13.9 Å². The summed E-state index contributed by atoms with van der Waals surface area (Å²) in [6.45, 7) is 6.53. The molecule has 0 saturated carbocycles. The van der Waals surface area contributed by atoms with Gasteiger partial charge in [-0.2, -0.15) is 0 Å². The minimum atomic E-state index is -3.92. The Morgan fingerprint density at radius 3 is 2.21 bits per heavy atom. The smallest absolute Gasteiger partial charge is 0.244 e. The van der Waals surface area contributed by atoms with Crippen molar-refractivity contribution in [3.8, 4) is 0 Å². The van der Waals surface area contributed by atoms with E-state index in [0.717, 1.165) is 10.6 Å². The third-order valence-corrected chi connectivity index (χ3v) is 6.68. The fourth-order valence-electron chi connectivity index (χ4n) is 3.16. The second-order valence-electron chi connectivity index (χ2n) is 8.93. The van der Waals surface area contributed by atoms with Gasteiger partial charge in [0.05, 0.1) is 17.0 Å². The molecule has 2 aromatic carbocycles. The maximum absolute atomic E-state index is 13.5. The first-order chi connectivity index (χ1) is 15.6. The van der Waals surface area contributed by atoms with E-state index in [1.807, 2.05) is 20.8 Å². The minimum absolute atomic E-state index is 0.0407. The number of anilines is 1. The number of nitrogens with one attached hydrogen (secondary N) is 1. The molecule has 0 aromatic heterocycles. The molecule has 0 radical (unpaired) electrons. The zero-order valence-electron chi connectivity index (χ0n) is 19.6. The predicted octanol–water partition coefficient (Wildman–Crippen LogP) is 4.74. The summed E-state index contributed by atoms with van der Waals surface area (Å²) < 4.78 is 26.1. The van der Waals surface area contributed by atoms with E-state index in [-0.39, 0.29) is 28.2 Å². The Morgan fingerprint density at radius 2 is 1.65 bits per heavy atom. The van der Waals surface area contributed by atoms with Crippen LogP contribution < -0.4 is 9.62 Å². The molecule has 1 atom stereocenters. The summed E-state index contributed by atoms with van der Waals surface area (Å²) in [6, 6.07) is 10.3. The predicted molar refractivity (Wildman–Crippen MR) is 138 cm³/mol. The summed E-state index contributed by atoms with van der Waals surface area (Å²) in [7, 11) is -3.92. The summed E-state index contributed by atoms with van der Waals surface area (Å²) in [6.07, 6.45) is 0.967. The molecule has 2 aromatic rings. The molecular formula is C23H28Cl3N3O4S. The maximum atomic E-state index is 13.5. The lowest BCUT2D eigenvalue weighted by molar-refractivity contribution is -0.140. The lowest BCUT2D eigenvalue weighted by atomic mass is 10.1. The second-order valence-corrected chi connectivity index (χ2v) is 12.1. The Bertz CT molecular complexity index is 1170. The molecule has 0 heterocycles. The molecule has 0 saturated heterocycles. The van der Waals surface area contributed by atoms with Crippen LogP contribution in [0, 0.1) is 0 Å². The Kier molecular flexibility index (Phi) is 9.27. The summed E-state index contributed by atoms with van der Waals surface area (Å²) in [5.74, 6) is -0.979. The van der Waals surface area contributed by atoms with Gasteiger partial charge < -0.3 is 10.2 Å². The highest BCUT2D eigenvalue weighted by molar-refractivity contribution is 7.92. The third kappa shape index (κ3) is 8.05. The molecule has 0 aliphatic rings. The molecule has 11 heteroatoms. The lowest BCUT2D eigenvalue weighted by Crippen LogP contribution is -2.54. The number of amides is 2. The van der Waals surface area contributed by atoms with Gasteiger partial charge in [-0.05, 0) is 63.6 Å². The van der Waals surface area contributed by atoms with Crippen LogP contribution in [0.2, 0.25) is 15.1 Å². The zero-order valence-corrected chi connectivity index (χ0v) is 22.7. The average molecular weight is 549 g/mol. The first-order valence-electron chi connectivity index (χ1n) is 10.4. The van der Waals surface area contributed by atoms with Crippen LogP contribution in [-0.2, 0) is 26.2 Å². The van der Waals surface area contributed by atoms with Crippen molar-refractivity contribution in [2.75, 3.05) is 17.1 Å². The van der Waals surface area contributed by atoms with Crippen molar-refractivity contribution in [3.05, 3.63) is 63.1 Å². The standard InChI is InChI=1S/C23H28Cl3N3O4S/c1-15(22(31)27-23(2,3)4)28(13-16-7-6-8-17(24)11-16)21(30)14-29(34(5,32)33)20-12-18(25)9-10-19(20)26/h6-12,15H,13-14H2,1-5H3,(H,27,31). The number of carbonyl (C=O) groups excluding carboxylic acids is 2. The van der Waals surface area contributed by atoms with E-state index in [4.69, 9.17) is 34.8 Å². The van der Waals surface area contributed by atoms with Crippen molar-refractivity contribution in [1.82, 2.24) is 10.2 Å². The second kappa shape index (κ2) is 11.2. The normalized spacial score (nSPS) is 12.7. The fraction of sp³-hybridized carbons (Fsp3) is 0.391. The van der Waals surface area contributed by atoms with E-state index in [1.54, 1.807) is 31.2 Å². The topological polar surface area (TPSA) is 86.8 Å². The summed E-state index contributed by atoms with van der Waals surface area (Å²) in [5, 5.41) is 3.70. The average Bonchev–Trinajstić information content (AvgIpc) is 2.69. The van der Waals surface area contributed by atoms with E-state index in [0.29, 0.717) is 10.6 Å². The number of benzene rings is 2. The van der Waals surface area contributed by atoms with Gasteiger partial charge in [0, 0.05) is 22.1 Å². The highest BCUT2D eigenvalue weighted by Crippen LogP contribution is 2.31. The van der Waals surface area contributed by atoms with Crippen LogP contribution in [0.15, 0.2) is 42.5 Å². The van der Waals surface area contributed by atoms with Crippen LogP contribution in [0.5, 0.6) is 0 Å². The van der Waals surface area contributed by atoms with E-state index in [2.05, 4.69) is 5.32 Å². The van der Waals surface area contributed by atoms with Crippen molar-refractivity contribution < 1.29 is 18.0 Å². The van der Waals surface area contributed by atoms with Gasteiger partial charge in [-0.1, -0.05) is 46.9 Å². The van der Waals surface area contributed by atoms with Crippen molar-refractivity contribution in [2.24, 2.45) is 0 Å². The molecule has 0 bridgehead atoms. The van der Waals surface area contributed by atoms with Crippen molar-refractivity contribution >= 4 is 62.3 Å². The Balaban J connectivity index is 2.45. The molecule has 0 aliphatic carbocycles. The molecule has 186 valence electrons. The van der Waals surface area contributed by atoms with Crippen molar-refractivity contribution in [2.45, 2.75) is 45.8 Å². The number of sulfonamides is 1. The Labute approximate surface area is 216 Å². The van der Waals surface area contributed by atoms with Crippen LogP contribution >= 0.6 is 34.8 Å². The molecule has 1 N–H and O–H groups in total. The van der Waals surface area contributed by atoms with Gasteiger partial charge in [0.2, 0.25) is 21.8 Å². The number of carbonyl (C=O) groups is 2. The molecule has 0 aliphatic heterocycles. The van der Waals surface area contributed by atoms with Crippen LogP contribution in [0.3, 0.4) is 0 Å². The van der Waals surface area contributed by atoms with Gasteiger partial charge in [0.15, 0.2) is 0 Å². The summed E-state index contributed by atoms with van der Waals surface area (Å²) in [5.41, 5.74) is 0.228. The number of nitrogens with zero attached hydrogens (tertiary/aromatic N) is 2. The highest BCUT2D eigenvalue weighted by atomic mass is 35.5. The molecule has 0 spiro atoms. The first-order valence-corrected chi connectivity index (χ1v) is 13.4. The van der Waals surface area contributed by atoms with Crippen LogP contribution in [-0.4, -0.2) is 49.5 Å². The van der Waals surface area contributed by atoms with Gasteiger partial charge in [0.25, 0.3) is 0 Å². The molecule has 2 rings (SSSR count). The lowest BCUT2D eigenvalue weighted by Gasteiger charge is -2.33. The Morgan fingerprint density at radius 1 is 1.03 bits per heavy atom. The summed E-state index contributed by atoms with van der Waals surface area (Å²) >= 11 is 18.4. The molecule has 2 amide bonds. The van der Waals surface area contributed by atoms with Crippen molar-refractivity contribution in [1.29, 1.82) is 0 Å². The molecule has 34 heavy (non-hydrogen) atoms. The van der Waals surface area contributed by atoms with Crippen molar-refractivity contribution in [3.63, 3.8) is 0 Å². The number of hydrogen-bond donors (Lipinski definition) is 1. The van der Waals surface area contributed by atoms with Gasteiger partial charge >= 0.3 is 0 Å². The van der Waals surface area contributed by atoms with E-state index < -0.39 is 34.1 Å². The summed E-state index contributed by atoms with van der Waals surface area (Å²) in [4.78, 5) is 27.7. The number of rotatable bonds is 8. The van der Waals surface area contributed by atoms with Crippen LogP contribution in [0.4, 0.5) is 5.69 Å². The maximum Gasteiger partial charge on any atom is 0.244 e. The Hall–Kier alpha value is -2.00. The molecular weight excluding hydrogens is 521 g/mol. The molecule has 1 unspecified atom stereocenters. The van der Waals surface area contributed by atoms with Crippen LogP contribution in [0.25, 0.3) is 0 Å². The number of halogens is 3. The third-order valence-electron chi connectivity index (χ3n) is 4.76. The quantitative estimate of drug-likeness (QED) is 0.516. The minimum Gasteiger partial charge on any atom is -0.350 e. The largest absolute Gasteiger partial charge is 0.350 e. The highest BCUT2D eigenvalue weighted by Gasteiger charge is 2.32. The van der Waals surface area contributed by atoms with Gasteiger partial charge in [0.1, 0.15) is 12.6 Å². The SMILES string of the molecule is CC(C(=O)NC(C)(C)C)N(Cc1cccc(Cl)c1)C(=O)CN(c1cc(Cl)ccc1Cl)S(C)(=O)=O. The van der Waals surface area contributed by atoms with E-state index in [9.17, 15) is 18.0 Å². The van der Waals surface area contributed by atoms with E-state index >= 15 is 0 Å². The number of hydrogen-bond acceptors (Lipinski definition) is 4. The van der Waals surface area contributed by atoms with Gasteiger partial charge in [-0.15, -0.1) is 0 Å². The van der Waals surface area contributed by atoms with Gasteiger partial charge in [-0.25, -0.2) is 8.42 Å². The fourth-order valence-corrected chi connectivity index (χ4v) is 4.66. The van der Waals surface area contributed by atoms with Crippen LogP contribution in [0.1, 0.15) is 33.3 Å². The van der Waals surface area contributed by atoms with E-state index in [1.165, 1.54) is 23.1 Å². The zero-order chi connectivity index (χ0) is 25.8. The molecule has 7 nitrogen and oxygen atoms in total. The molecule has 0 fully saturated rings.